The number of hydrogen-bond acceptors (Lipinski definition) is 0. The Kier molecular flexibility index (Phi) is 2.27. The van der Waals surface area contributed by atoms with Crippen LogP contribution in [0.15, 0.2) is 0 Å². The second-order valence-corrected chi connectivity index (χ2v) is 5.60. The Balaban J connectivity index is 2.00. The summed E-state index contributed by atoms with van der Waals surface area (Å²) in [5, 5.41) is 0.817. The van der Waals surface area contributed by atoms with Gasteiger partial charge >= 0.3 is 0 Å². The third kappa shape index (κ3) is 1.58. The fourth-order valence-electron chi connectivity index (χ4n) is 3.72. The second-order valence-electron chi connectivity index (χ2n) is 5.60. The lowest BCUT2D eigenvalue weighted by Gasteiger charge is -2.33. The summed E-state index contributed by atoms with van der Waals surface area (Å²) in [5.41, 5.74) is 0. The Morgan fingerprint density at radius 2 is 2.17 bits per heavy atom. The van der Waals surface area contributed by atoms with Crippen molar-refractivity contribution < 1.29 is 0 Å². The maximum Gasteiger partial charge on any atom is 0.122 e. The van der Waals surface area contributed by atoms with Gasteiger partial charge in [0.05, 0.1) is 0 Å². The Labute approximate surface area is 78.0 Å². The topological polar surface area (TPSA) is 0 Å². The Bertz CT molecular complexity index is 163. The van der Waals surface area contributed by atoms with Gasteiger partial charge < -0.3 is 0 Å². The third-order valence-electron chi connectivity index (χ3n) is 3.97. The van der Waals surface area contributed by atoms with Gasteiger partial charge in [0.15, 0.2) is 0 Å². The predicted octanol–water partition coefficient (Wildman–Crippen LogP) is 2.57. The third-order valence-corrected chi connectivity index (χ3v) is 3.97. The van der Waals surface area contributed by atoms with Gasteiger partial charge in [-0.05, 0) is 0 Å². The standard InChI is InChI=1S/C10H20B2/c1-8(2)11-10-6-3-4-9(12-10)5-7-10/h8-9,11-12H,3-7H2,1-2H3. The minimum absolute atomic E-state index is 0.817. The van der Waals surface area contributed by atoms with Gasteiger partial charge in [0, 0.05) is 0 Å². The molecule has 12 heavy (non-hydrogen) atoms. The molecular formula is C10H20B2. The van der Waals surface area contributed by atoms with E-state index < -0.39 is 0 Å². The molecule has 2 fully saturated rings. The van der Waals surface area contributed by atoms with Crippen LogP contribution in [-0.4, -0.2) is 14.6 Å². The second kappa shape index (κ2) is 3.12. The maximum atomic E-state index is 2.39. The van der Waals surface area contributed by atoms with E-state index in [0.717, 1.165) is 16.8 Å². The molecule has 0 saturated carbocycles. The fourth-order valence-corrected chi connectivity index (χ4v) is 3.72. The molecule has 2 bridgehead atoms. The highest BCUT2D eigenvalue weighted by Crippen LogP contribution is 2.54. The van der Waals surface area contributed by atoms with Crippen molar-refractivity contribution in [3.05, 3.63) is 0 Å². The first-order valence-electron chi connectivity index (χ1n) is 5.70. The summed E-state index contributed by atoms with van der Waals surface area (Å²) in [5.74, 6) is 2.04. The summed E-state index contributed by atoms with van der Waals surface area (Å²) in [7, 11) is 3.08. The van der Waals surface area contributed by atoms with E-state index in [-0.39, 0.29) is 0 Å². The average Bonchev–Trinajstić information content (AvgIpc) is 2.25. The van der Waals surface area contributed by atoms with E-state index in [9.17, 15) is 0 Å². The van der Waals surface area contributed by atoms with Crippen LogP contribution in [-0.2, 0) is 0 Å². The number of fused-ring (bicyclic) bond motifs is 2. The van der Waals surface area contributed by atoms with Gasteiger partial charge in [-0.15, -0.1) is 0 Å². The molecule has 0 spiro atoms. The van der Waals surface area contributed by atoms with Crippen LogP contribution in [0.5, 0.6) is 0 Å². The lowest BCUT2D eigenvalue weighted by atomic mass is 9.28. The van der Waals surface area contributed by atoms with Gasteiger partial charge in [-0.25, -0.2) is 0 Å². The molecule has 0 aromatic carbocycles. The first-order chi connectivity index (χ1) is 5.70. The van der Waals surface area contributed by atoms with Gasteiger partial charge in [-0.3, -0.25) is 0 Å². The van der Waals surface area contributed by atoms with Crippen molar-refractivity contribution in [2.45, 2.75) is 62.8 Å². The predicted molar refractivity (Wildman–Crippen MR) is 58.9 cm³/mol. The molecule has 2 aliphatic heterocycles. The van der Waals surface area contributed by atoms with Crippen LogP contribution in [0.3, 0.4) is 0 Å². The van der Waals surface area contributed by atoms with Crippen molar-refractivity contribution >= 4 is 14.6 Å². The van der Waals surface area contributed by atoms with Crippen molar-refractivity contribution in [3.63, 3.8) is 0 Å². The van der Waals surface area contributed by atoms with Gasteiger partial charge in [-0.2, -0.15) is 0 Å². The van der Waals surface area contributed by atoms with E-state index in [2.05, 4.69) is 13.8 Å². The van der Waals surface area contributed by atoms with Crippen LogP contribution in [0.2, 0.25) is 16.8 Å². The van der Waals surface area contributed by atoms with Gasteiger partial charge in [0.1, 0.15) is 14.6 Å². The zero-order valence-electron chi connectivity index (χ0n) is 8.60. The molecule has 2 aliphatic rings. The fraction of sp³-hybridized carbons (Fsp3) is 1.00. The minimum atomic E-state index is 0.817. The first kappa shape index (κ1) is 8.72. The van der Waals surface area contributed by atoms with Crippen LogP contribution >= 0.6 is 0 Å². The molecular weight excluding hydrogens is 142 g/mol. The molecule has 66 valence electrons. The van der Waals surface area contributed by atoms with Crippen LogP contribution in [0, 0.1) is 0 Å². The normalized spacial score (nSPS) is 39.8. The molecule has 0 aliphatic carbocycles. The molecule has 0 N–H and O–H groups in total. The lowest BCUT2D eigenvalue weighted by Crippen LogP contribution is -2.28. The number of rotatable bonds is 2. The number of hydrogen-bond donors (Lipinski definition) is 0. The van der Waals surface area contributed by atoms with Crippen molar-refractivity contribution in [2.24, 2.45) is 0 Å². The monoisotopic (exact) mass is 162 g/mol. The average molecular weight is 162 g/mol. The molecule has 2 heteroatoms. The Hall–Kier alpha value is 0.130. The van der Waals surface area contributed by atoms with Crippen LogP contribution < -0.4 is 0 Å². The zero-order valence-corrected chi connectivity index (χ0v) is 8.60. The SMILES string of the molecule is CC(C)BC12BC(CCC1)CC2. The van der Waals surface area contributed by atoms with Gasteiger partial charge in [0.25, 0.3) is 0 Å². The van der Waals surface area contributed by atoms with Gasteiger partial charge in [-0.1, -0.05) is 62.8 Å². The highest BCUT2D eigenvalue weighted by Gasteiger charge is 2.43. The molecule has 0 radical (unpaired) electrons. The quantitative estimate of drug-likeness (QED) is 0.547. The zero-order chi connectivity index (χ0) is 8.60. The van der Waals surface area contributed by atoms with E-state index in [1.165, 1.54) is 13.7 Å². The largest absolute Gasteiger partial charge is 0.122 e. The van der Waals surface area contributed by atoms with Crippen LogP contribution in [0.1, 0.15) is 46.0 Å². The van der Waals surface area contributed by atoms with E-state index in [0.29, 0.717) is 0 Å². The van der Waals surface area contributed by atoms with Crippen molar-refractivity contribution in [2.75, 3.05) is 0 Å². The molecule has 2 saturated heterocycles. The summed E-state index contributed by atoms with van der Waals surface area (Å²) >= 11 is 0. The Morgan fingerprint density at radius 1 is 1.33 bits per heavy atom. The van der Waals surface area contributed by atoms with Crippen LogP contribution in [0.25, 0.3) is 0 Å². The molecule has 2 heterocycles. The highest BCUT2D eigenvalue weighted by molar-refractivity contribution is 6.64. The first-order valence-corrected chi connectivity index (χ1v) is 5.70. The molecule has 0 aromatic rings. The van der Waals surface area contributed by atoms with Crippen molar-refractivity contribution in [3.8, 4) is 0 Å². The van der Waals surface area contributed by atoms with Crippen molar-refractivity contribution in [1.29, 1.82) is 0 Å². The van der Waals surface area contributed by atoms with E-state index in [1.807, 2.05) is 0 Å². The summed E-state index contributed by atoms with van der Waals surface area (Å²) < 4.78 is 0. The summed E-state index contributed by atoms with van der Waals surface area (Å²) in [6.45, 7) is 4.77. The molecule has 2 unspecified atom stereocenters. The molecule has 0 aromatic heterocycles. The molecule has 2 rings (SSSR count). The smallest absolute Gasteiger partial charge is 0.0770 e. The molecule has 0 amide bonds. The molecule has 0 nitrogen and oxygen atoms in total. The highest BCUT2D eigenvalue weighted by atomic mass is 14.3. The molecule has 2 atom stereocenters. The van der Waals surface area contributed by atoms with E-state index >= 15 is 0 Å². The van der Waals surface area contributed by atoms with Crippen LogP contribution in [0.4, 0.5) is 0 Å². The maximum absolute atomic E-state index is 2.39. The lowest BCUT2D eigenvalue weighted by molar-refractivity contribution is 0.608. The van der Waals surface area contributed by atoms with Gasteiger partial charge in [0.2, 0.25) is 0 Å². The minimum Gasteiger partial charge on any atom is -0.0770 e. The summed E-state index contributed by atoms with van der Waals surface area (Å²) in [6, 6.07) is 0. The summed E-state index contributed by atoms with van der Waals surface area (Å²) in [6.07, 6.45) is 7.71. The summed E-state index contributed by atoms with van der Waals surface area (Å²) in [4.78, 5) is 0. The van der Waals surface area contributed by atoms with E-state index in [1.54, 1.807) is 33.0 Å². The Morgan fingerprint density at radius 3 is 2.92 bits per heavy atom. The van der Waals surface area contributed by atoms with Crippen molar-refractivity contribution in [1.82, 2.24) is 0 Å². The van der Waals surface area contributed by atoms with E-state index in [4.69, 9.17) is 0 Å².